The molecule has 4 rings (SSSR count). The van der Waals surface area contributed by atoms with Crippen molar-refractivity contribution in [3.63, 3.8) is 0 Å². The van der Waals surface area contributed by atoms with Crippen molar-refractivity contribution in [2.45, 2.75) is 84.8 Å². The predicted molar refractivity (Wildman–Crippen MR) is 151 cm³/mol. The Balaban J connectivity index is 0.000000344. The summed E-state index contributed by atoms with van der Waals surface area (Å²) in [7, 11) is 1.97. The highest BCUT2D eigenvalue weighted by Crippen LogP contribution is 2.40. The van der Waals surface area contributed by atoms with E-state index in [1.54, 1.807) is 0 Å². The maximum atomic E-state index is 11.2. The Morgan fingerprint density at radius 1 is 1.26 bits per heavy atom. The minimum atomic E-state index is -0.833. The Bertz CT molecular complexity index is 864. The summed E-state index contributed by atoms with van der Waals surface area (Å²) in [5.74, 6) is 2.42. The van der Waals surface area contributed by atoms with Crippen molar-refractivity contribution in [1.29, 1.82) is 0 Å². The number of nitrogens with zero attached hydrogens (tertiary/aromatic N) is 2. The SMILES string of the molecule is CC(=O)O.CC1CCOC1C(C)CC1CC(c2ccc3c(c2)OCO3)CN1CC=O.CCCON(C)CCC. The highest BCUT2D eigenvalue weighted by atomic mass is 16.7. The summed E-state index contributed by atoms with van der Waals surface area (Å²) < 4.78 is 16.9. The largest absolute Gasteiger partial charge is 0.481 e. The van der Waals surface area contributed by atoms with Crippen molar-refractivity contribution < 1.29 is 33.7 Å². The first-order chi connectivity index (χ1) is 18.7. The lowest BCUT2D eigenvalue weighted by Crippen LogP contribution is -2.35. The highest BCUT2D eigenvalue weighted by molar-refractivity contribution is 5.63. The van der Waals surface area contributed by atoms with Gasteiger partial charge >= 0.3 is 0 Å². The van der Waals surface area contributed by atoms with Gasteiger partial charge in [-0.1, -0.05) is 33.8 Å². The number of hydrogen-bond acceptors (Lipinski definition) is 8. The van der Waals surface area contributed by atoms with Crippen LogP contribution in [0.25, 0.3) is 0 Å². The van der Waals surface area contributed by atoms with E-state index in [2.05, 4.69) is 44.7 Å². The molecule has 0 aliphatic carbocycles. The smallest absolute Gasteiger partial charge is 0.300 e. The van der Waals surface area contributed by atoms with Crippen LogP contribution in [-0.4, -0.2) is 86.2 Å². The number of carbonyl (C=O) groups excluding carboxylic acids is 1. The number of aliphatic carboxylic acids is 1. The van der Waals surface area contributed by atoms with Crippen molar-refractivity contribution in [3.8, 4) is 11.5 Å². The van der Waals surface area contributed by atoms with Crippen LogP contribution in [0.2, 0.25) is 0 Å². The summed E-state index contributed by atoms with van der Waals surface area (Å²) in [5, 5.41) is 9.31. The second-order valence-corrected chi connectivity index (χ2v) is 10.8. The van der Waals surface area contributed by atoms with Crippen molar-refractivity contribution in [1.82, 2.24) is 9.96 Å². The van der Waals surface area contributed by atoms with Crippen molar-refractivity contribution >= 4 is 12.3 Å². The third kappa shape index (κ3) is 11.1. The number of ether oxygens (including phenoxy) is 3. The Labute approximate surface area is 234 Å². The number of benzene rings is 1. The number of fused-ring (bicyclic) bond motifs is 1. The van der Waals surface area contributed by atoms with Gasteiger partial charge in [-0.15, -0.1) is 0 Å². The lowest BCUT2D eigenvalue weighted by molar-refractivity contribution is -0.139. The van der Waals surface area contributed by atoms with Crippen LogP contribution in [0.4, 0.5) is 0 Å². The summed E-state index contributed by atoms with van der Waals surface area (Å²) in [4.78, 5) is 27.8. The molecule has 0 bridgehead atoms. The molecule has 0 amide bonds. The zero-order chi connectivity index (χ0) is 28.8. The Morgan fingerprint density at radius 3 is 2.59 bits per heavy atom. The van der Waals surface area contributed by atoms with E-state index in [4.69, 9.17) is 28.9 Å². The molecule has 1 aromatic carbocycles. The van der Waals surface area contributed by atoms with Crippen LogP contribution in [-0.2, 0) is 19.2 Å². The van der Waals surface area contributed by atoms with Crippen LogP contribution < -0.4 is 9.47 Å². The molecule has 5 atom stereocenters. The molecular weight excluding hydrogens is 500 g/mol. The number of carboxylic acid groups (broad SMARTS) is 1. The summed E-state index contributed by atoms with van der Waals surface area (Å²) in [6.07, 6.45) is 6.97. The van der Waals surface area contributed by atoms with E-state index in [9.17, 15) is 4.79 Å². The monoisotopic (exact) mass is 550 g/mol. The Morgan fingerprint density at radius 2 is 1.97 bits per heavy atom. The van der Waals surface area contributed by atoms with Gasteiger partial charge in [-0.2, -0.15) is 5.06 Å². The number of carbonyl (C=O) groups is 2. The van der Waals surface area contributed by atoms with Crippen LogP contribution in [0.1, 0.15) is 78.2 Å². The van der Waals surface area contributed by atoms with Crippen LogP contribution in [0.5, 0.6) is 11.5 Å². The van der Waals surface area contributed by atoms with E-state index < -0.39 is 5.97 Å². The van der Waals surface area contributed by atoms with Gasteiger partial charge in [-0.05, 0) is 67.6 Å². The minimum Gasteiger partial charge on any atom is -0.481 e. The number of likely N-dealkylation sites (tertiary alicyclic amines) is 1. The van der Waals surface area contributed by atoms with E-state index in [0.29, 0.717) is 43.2 Å². The third-order valence-electron chi connectivity index (χ3n) is 7.41. The van der Waals surface area contributed by atoms with Crippen molar-refractivity contribution in [2.75, 3.05) is 46.7 Å². The number of rotatable bonds is 11. The summed E-state index contributed by atoms with van der Waals surface area (Å²) in [5.41, 5.74) is 1.28. The first-order valence-electron chi connectivity index (χ1n) is 14.4. The predicted octanol–water partition coefficient (Wildman–Crippen LogP) is 4.98. The molecule has 0 saturated carbocycles. The van der Waals surface area contributed by atoms with Gasteiger partial charge in [-0.25, -0.2) is 0 Å². The van der Waals surface area contributed by atoms with Crippen LogP contribution in [0.15, 0.2) is 18.2 Å². The maximum absolute atomic E-state index is 11.2. The van der Waals surface area contributed by atoms with Gasteiger partial charge < -0.3 is 24.1 Å². The average Bonchev–Trinajstić information content (AvgIpc) is 3.63. The van der Waals surface area contributed by atoms with Gasteiger partial charge in [0.25, 0.3) is 5.97 Å². The molecule has 3 aliphatic heterocycles. The fraction of sp³-hybridized carbons (Fsp3) is 0.733. The molecule has 1 aromatic rings. The van der Waals surface area contributed by atoms with Gasteiger partial charge in [0.15, 0.2) is 11.5 Å². The molecule has 5 unspecified atom stereocenters. The maximum Gasteiger partial charge on any atom is 0.300 e. The fourth-order valence-corrected chi connectivity index (χ4v) is 5.59. The molecule has 1 N–H and O–H groups in total. The second kappa shape index (κ2) is 17.5. The first-order valence-corrected chi connectivity index (χ1v) is 14.4. The van der Waals surface area contributed by atoms with Gasteiger partial charge in [0.05, 0.1) is 19.3 Å². The molecule has 0 aromatic heterocycles. The molecule has 0 spiro atoms. The molecular formula is C30H50N2O7. The summed E-state index contributed by atoms with van der Waals surface area (Å²) >= 11 is 0. The van der Waals surface area contributed by atoms with Crippen LogP contribution >= 0.6 is 0 Å². The number of hydroxylamine groups is 2. The molecule has 2 fully saturated rings. The molecule has 3 heterocycles. The zero-order valence-electron chi connectivity index (χ0n) is 24.8. The zero-order valence-corrected chi connectivity index (χ0v) is 24.8. The standard InChI is InChI=1S/C21H29NO4.C7H17NO.C2H4O2/c1-14-5-8-24-21(14)15(2)9-18-10-17(12-22(18)6-7-23)16-3-4-19-20(11-16)26-13-25-19;1-4-6-8(3)9-7-5-2;1-2(3)4/h3-4,7,11,14-15,17-18,21H,5-6,8-10,12-13H2,1-2H3;4-7H2,1-3H3;1H3,(H,3,4). The van der Waals surface area contributed by atoms with E-state index in [1.807, 2.05) is 18.2 Å². The second-order valence-electron chi connectivity index (χ2n) is 10.8. The molecule has 0 radical (unpaired) electrons. The molecule has 39 heavy (non-hydrogen) atoms. The quantitative estimate of drug-likeness (QED) is 0.302. The van der Waals surface area contributed by atoms with Gasteiger partial charge in [0, 0.05) is 39.7 Å². The molecule has 9 heteroatoms. The highest BCUT2D eigenvalue weighted by Gasteiger charge is 2.37. The van der Waals surface area contributed by atoms with E-state index in [-0.39, 0.29) is 0 Å². The Kier molecular flexibility index (Phi) is 14.8. The van der Waals surface area contributed by atoms with Crippen LogP contribution in [0, 0.1) is 11.8 Å². The van der Waals surface area contributed by atoms with Crippen molar-refractivity contribution in [3.05, 3.63) is 23.8 Å². The molecule has 3 aliphatic rings. The van der Waals surface area contributed by atoms with Crippen molar-refractivity contribution in [2.24, 2.45) is 11.8 Å². The average molecular weight is 551 g/mol. The normalized spacial score (nSPS) is 24.5. The minimum absolute atomic E-state index is 0.306. The third-order valence-corrected chi connectivity index (χ3v) is 7.41. The summed E-state index contributed by atoms with van der Waals surface area (Å²) in [6.45, 7) is 14.4. The summed E-state index contributed by atoms with van der Waals surface area (Å²) in [6, 6.07) is 6.69. The lowest BCUT2D eigenvalue weighted by atomic mass is 9.86. The number of aldehydes is 1. The van der Waals surface area contributed by atoms with Gasteiger partial charge in [0.2, 0.25) is 6.79 Å². The van der Waals surface area contributed by atoms with E-state index >= 15 is 0 Å². The van der Waals surface area contributed by atoms with Gasteiger partial charge in [-0.3, -0.25) is 14.5 Å². The molecule has 9 nitrogen and oxygen atoms in total. The van der Waals surface area contributed by atoms with E-state index in [0.717, 1.165) is 83.1 Å². The fourth-order valence-electron chi connectivity index (χ4n) is 5.59. The number of hydrogen-bond donors (Lipinski definition) is 1. The topological polar surface area (TPSA) is 97.8 Å². The van der Waals surface area contributed by atoms with Gasteiger partial charge in [0.1, 0.15) is 6.29 Å². The molecule has 2 saturated heterocycles. The molecule has 222 valence electrons. The van der Waals surface area contributed by atoms with Crippen LogP contribution in [0.3, 0.4) is 0 Å². The first kappa shape index (κ1) is 33.0. The lowest BCUT2D eigenvalue weighted by Gasteiger charge is -2.29. The van der Waals surface area contributed by atoms with E-state index in [1.165, 1.54) is 5.56 Å². The Hall–Kier alpha value is -2.20. The number of carboxylic acids is 1.